The Morgan fingerprint density at radius 2 is 1.78 bits per heavy atom. The number of carbonyl (C=O) groups excluding carboxylic acids is 3. The maximum atomic E-state index is 15.0. The lowest BCUT2D eigenvalue weighted by molar-refractivity contribution is -0.138. The van der Waals surface area contributed by atoms with Gasteiger partial charge < -0.3 is 19.9 Å². The number of aromatic nitrogens is 1. The zero-order valence-corrected chi connectivity index (χ0v) is 19.8. The van der Waals surface area contributed by atoms with E-state index in [1.54, 1.807) is 29.2 Å². The number of carbonyl (C=O) groups is 4. The molecular formula is C25H25FN6O5. The van der Waals surface area contributed by atoms with E-state index < -0.39 is 30.0 Å². The van der Waals surface area contributed by atoms with Gasteiger partial charge in [0, 0.05) is 48.7 Å². The molecule has 0 unspecified atom stereocenters. The van der Waals surface area contributed by atoms with Gasteiger partial charge in [0.2, 0.25) is 0 Å². The summed E-state index contributed by atoms with van der Waals surface area (Å²) in [5.74, 6) is 1.81. The lowest BCUT2D eigenvalue weighted by atomic mass is 10.1. The second kappa shape index (κ2) is 11.0. The highest BCUT2D eigenvalue weighted by Crippen LogP contribution is 2.12. The van der Waals surface area contributed by atoms with Gasteiger partial charge in [0.25, 0.3) is 17.6 Å². The van der Waals surface area contributed by atoms with Crippen LogP contribution >= 0.6 is 0 Å². The van der Waals surface area contributed by atoms with Gasteiger partial charge in [-0.1, -0.05) is 24.3 Å². The molecule has 0 saturated carbocycles. The second-order valence-corrected chi connectivity index (χ2v) is 8.45. The summed E-state index contributed by atoms with van der Waals surface area (Å²) in [7, 11) is 0. The van der Waals surface area contributed by atoms with Crippen molar-refractivity contribution in [1.82, 2.24) is 19.9 Å². The summed E-state index contributed by atoms with van der Waals surface area (Å²) in [6.07, 6.45) is 5.48. The Hall–Kier alpha value is -4.58. The molecule has 12 heteroatoms. The van der Waals surface area contributed by atoms with E-state index in [0.717, 1.165) is 0 Å². The number of ketones is 1. The Morgan fingerprint density at radius 3 is 2.46 bits per heavy atom. The van der Waals surface area contributed by atoms with E-state index in [-0.39, 0.29) is 54.6 Å². The third-order valence-electron chi connectivity index (χ3n) is 6.01. The number of halogens is 1. The highest BCUT2D eigenvalue weighted by molar-refractivity contribution is 6.42. The van der Waals surface area contributed by atoms with Crippen LogP contribution in [0.15, 0.2) is 53.8 Å². The number of aliphatic carboxylic acids is 1. The number of Topliss-reactive ketones (excluding diaryl/α,β-unsaturated/α-hetero) is 1. The van der Waals surface area contributed by atoms with E-state index in [2.05, 4.69) is 10.1 Å². The fraction of sp³-hybridized carbons (Fsp3) is 0.240. The topological polar surface area (TPSA) is 152 Å². The fourth-order valence-corrected chi connectivity index (χ4v) is 4.15. The summed E-state index contributed by atoms with van der Waals surface area (Å²) in [5.41, 5.74) is 0.857. The second-order valence-electron chi connectivity index (χ2n) is 8.45. The molecule has 2 aromatic rings. The zero-order chi connectivity index (χ0) is 26.5. The molecule has 1 saturated heterocycles. The average Bonchev–Trinajstić information content (AvgIpc) is 3.28. The highest BCUT2D eigenvalue weighted by Gasteiger charge is 2.30. The molecule has 0 atom stereocenters. The third kappa shape index (κ3) is 5.64. The lowest BCUT2D eigenvalue weighted by Crippen LogP contribution is -2.52. The Labute approximate surface area is 210 Å². The van der Waals surface area contributed by atoms with Crippen molar-refractivity contribution in [2.24, 2.45) is 10.9 Å². The number of hydrazine groups is 1. The van der Waals surface area contributed by atoms with Crippen molar-refractivity contribution < 1.29 is 28.7 Å². The quantitative estimate of drug-likeness (QED) is 0.152. The standard InChI is InChI=1S/C25H25FN6O5/c26-19-8-4-7-17(13-29-32(27)15-20(33)34)22-21(19)18(14-28-22)23(35)25(37)31-11-9-30(10-12-31)24(36)16-5-2-1-3-6-16/h1-6,8,13-14,28H,7,9-12,15,27H2,(H,33,34)/b29-13+. The van der Waals surface area contributed by atoms with Gasteiger partial charge in [-0.2, -0.15) is 5.10 Å². The number of benzene rings is 1. The first-order chi connectivity index (χ1) is 17.8. The van der Waals surface area contributed by atoms with Crippen LogP contribution in [-0.2, 0) is 9.59 Å². The van der Waals surface area contributed by atoms with Crippen LogP contribution in [0.25, 0.3) is 11.4 Å². The van der Waals surface area contributed by atoms with Crippen LogP contribution in [0.4, 0.5) is 4.39 Å². The Bertz CT molecular complexity index is 1410. The van der Waals surface area contributed by atoms with E-state index >= 15 is 0 Å². The molecule has 4 N–H and O–H groups in total. The van der Waals surface area contributed by atoms with Crippen molar-refractivity contribution in [3.8, 4) is 0 Å². The summed E-state index contributed by atoms with van der Waals surface area (Å²) in [5, 5.41) is 13.5. The fourth-order valence-electron chi connectivity index (χ4n) is 4.15. The van der Waals surface area contributed by atoms with E-state index in [1.807, 2.05) is 6.07 Å². The SMILES string of the molecule is NN(CC(=O)O)/N=C/C1=c2[nH]cc(C(=O)C(=O)N3CCN(C(=O)c4ccccc4)CC3)c2=C(F)C=CC1. The maximum absolute atomic E-state index is 15.0. The van der Waals surface area contributed by atoms with Crippen molar-refractivity contribution >= 4 is 41.2 Å². The zero-order valence-electron chi connectivity index (χ0n) is 19.8. The molecule has 11 nitrogen and oxygen atoms in total. The molecule has 0 bridgehead atoms. The van der Waals surface area contributed by atoms with E-state index in [9.17, 15) is 23.6 Å². The number of hydrogen-bond acceptors (Lipinski definition) is 7. The number of amides is 2. The van der Waals surface area contributed by atoms with Crippen LogP contribution in [0, 0.1) is 0 Å². The average molecular weight is 509 g/mol. The first kappa shape index (κ1) is 25.5. The Kier molecular flexibility index (Phi) is 7.58. The summed E-state index contributed by atoms with van der Waals surface area (Å²) in [6.45, 7) is 0.326. The number of allylic oxidation sites excluding steroid dienone is 2. The highest BCUT2D eigenvalue weighted by atomic mass is 19.1. The predicted molar refractivity (Wildman–Crippen MR) is 132 cm³/mol. The summed E-state index contributed by atoms with van der Waals surface area (Å²) in [6, 6.07) is 8.79. The lowest BCUT2D eigenvalue weighted by Gasteiger charge is -2.34. The third-order valence-corrected chi connectivity index (χ3v) is 6.01. The number of carboxylic acids is 1. The van der Waals surface area contributed by atoms with E-state index in [0.29, 0.717) is 16.3 Å². The van der Waals surface area contributed by atoms with E-state index in [4.69, 9.17) is 10.9 Å². The number of nitrogens with two attached hydrogens (primary N) is 1. The molecule has 37 heavy (non-hydrogen) atoms. The number of rotatable bonds is 7. The number of piperazine rings is 1. The molecular weight excluding hydrogens is 483 g/mol. The number of hydrazone groups is 1. The molecule has 192 valence electrons. The molecule has 2 aliphatic rings. The summed E-state index contributed by atoms with van der Waals surface area (Å²) < 4.78 is 15.0. The van der Waals surface area contributed by atoms with Crippen molar-refractivity contribution in [3.05, 3.63) is 70.4 Å². The van der Waals surface area contributed by atoms with Gasteiger partial charge in [-0.05, 0) is 24.6 Å². The van der Waals surface area contributed by atoms with Crippen LogP contribution < -0.4 is 16.4 Å². The van der Waals surface area contributed by atoms with Gasteiger partial charge in [-0.25, -0.2) is 15.4 Å². The number of carboxylic acid groups (broad SMARTS) is 1. The van der Waals surface area contributed by atoms with Crippen LogP contribution in [-0.4, -0.2) is 87.5 Å². The molecule has 0 radical (unpaired) electrons. The Balaban J connectivity index is 1.53. The number of fused-ring (bicyclic) bond motifs is 1. The molecule has 2 amide bonds. The number of nitrogens with one attached hydrogen (secondary N) is 1. The number of hydrogen-bond donors (Lipinski definition) is 3. The molecule has 1 fully saturated rings. The summed E-state index contributed by atoms with van der Waals surface area (Å²) in [4.78, 5) is 55.4. The van der Waals surface area contributed by atoms with Crippen molar-refractivity contribution in [2.45, 2.75) is 6.42 Å². The number of H-pyrrole nitrogens is 1. The van der Waals surface area contributed by atoms with Crippen LogP contribution in [0.1, 0.15) is 27.1 Å². The molecule has 1 aromatic heterocycles. The molecule has 4 rings (SSSR count). The predicted octanol–water partition coefficient (Wildman–Crippen LogP) is -0.384. The first-order valence-electron chi connectivity index (χ1n) is 11.5. The normalized spacial score (nSPS) is 15.5. The van der Waals surface area contributed by atoms with Crippen LogP contribution in [0.5, 0.6) is 0 Å². The van der Waals surface area contributed by atoms with Crippen molar-refractivity contribution in [3.63, 3.8) is 0 Å². The monoisotopic (exact) mass is 508 g/mol. The van der Waals surface area contributed by atoms with Gasteiger partial charge in [0.1, 0.15) is 5.83 Å². The minimum absolute atomic E-state index is 0.0757. The largest absolute Gasteiger partial charge is 0.480 e. The molecule has 2 heterocycles. The van der Waals surface area contributed by atoms with Gasteiger partial charge in [0.05, 0.1) is 17.1 Å². The van der Waals surface area contributed by atoms with Gasteiger partial charge in [0.15, 0.2) is 6.54 Å². The van der Waals surface area contributed by atoms with Crippen molar-refractivity contribution in [2.75, 3.05) is 32.7 Å². The van der Waals surface area contributed by atoms with Crippen molar-refractivity contribution in [1.29, 1.82) is 0 Å². The first-order valence-corrected chi connectivity index (χ1v) is 11.5. The van der Waals surface area contributed by atoms with Gasteiger partial charge in [-0.3, -0.25) is 19.2 Å². The smallest absolute Gasteiger partial charge is 0.326 e. The molecule has 1 aliphatic heterocycles. The van der Waals surface area contributed by atoms with E-state index in [1.165, 1.54) is 29.5 Å². The minimum Gasteiger partial charge on any atom is -0.480 e. The molecule has 1 aromatic carbocycles. The number of aromatic amines is 1. The summed E-state index contributed by atoms with van der Waals surface area (Å²) >= 11 is 0. The molecule has 0 spiro atoms. The Morgan fingerprint density at radius 1 is 1.11 bits per heavy atom. The maximum Gasteiger partial charge on any atom is 0.326 e. The van der Waals surface area contributed by atoms with Gasteiger partial charge >= 0.3 is 5.97 Å². The van der Waals surface area contributed by atoms with Crippen LogP contribution in [0.2, 0.25) is 0 Å². The van der Waals surface area contributed by atoms with Gasteiger partial charge in [-0.15, -0.1) is 0 Å². The molecule has 1 aliphatic carbocycles. The minimum atomic E-state index is -1.18. The number of nitrogens with zero attached hydrogens (tertiary/aromatic N) is 4. The van der Waals surface area contributed by atoms with Crippen LogP contribution in [0.3, 0.4) is 0 Å².